The standard InChI is InChI=1S/C12H16O/c1-3-10-4-5-12-11(8-10)9(2)6-7-13-12/h4-5,8-9H,3,6-7H2,1-2H3. The Morgan fingerprint density at radius 2 is 2.31 bits per heavy atom. The lowest BCUT2D eigenvalue weighted by Gasteiger charge is -2.23. The Morgan fingerprint density at radius 1 is 1.46 bits per heavy atom. The zero-order chi connectivity index (χ0) is 9.26. The fraction of sp³-hybridized carbons (Fsp3) is 0.500. The largest absolute Gasteiger partial charge is 0.493 e. The molecule has 1 heteroatoms. The minimum Gasteiger partial charge on any atom is -0.493 e. The van der Waals surface area contributed by atoms with Crippen LogP contribution in [0.3, 0.4) is 0 Å². The third kappa shape index (κ3) is 1.55. The van der Waals surface area contributed by atoms with Gasteiger partial charge in [0.1, 0.15) is 5.75 Å². The molecule has 0 N–H and O–H groups in total. The van der Waals surface area contributed by atoms with Crippen LogP contribution in [-0.4, -0.2) is 6.61 Å². The second-order valence-corrected chi connectivity index (χ2v) is 3.76. The van der Waals surface area contributed by atoms with Crippen LogP contribution in [0, 0.1) is 0 Å². The number of fused-ring (bicyclic) bond motifs is 1. The highest BCUT2D eigenvalue weighted by Crippen LogP contribution is 2.33. The molecule has 0 aliphatic carbocycles. The number of hydrogen-bond acceptors (Lipinski definition) is 1. The maximum absolute atomic E-state index is 5.59. The van der Waals surface area contributed by atoms with Gasteiger partial charge < -0.3 is 4.74 Å². The van der Waals surface area contributed by atoms with Crippen molar-refractivity contribution < 1.29 is 4.74 Å². The molecule has 1 heterocycles. The lowest BCUT2D eigenvalue weighted by Crippen LogP contribution is -2.12. The Hall–Kier alpha value is -0.980. The van der Waals surface area contributed by atoms with E-state index in [4.69, 9.17) is 4.74 Å². The molecule has 1 aromatic carbocycles. The highest BCUT2D eigenvalue weighted by molar-refractivity contribution is 5.40. The summed E-state index contributed by atoms with van der Waals surface area (Å²) < 4.78 is 5.59. The second-order valence-electron chi connectivity index (χ2n) is 3.76. The third-order valence-electron chi connectivity index (χ3n) is 2.82. The molecule has 0 aromatic heterocycles. The smallest absolute Gasteiger partial charge is 0.122 e. The van der Waals surface area contributed by atoms with Crippen molar-refractivity contribution in [3.8, 4) is 5.75 Å². The molecule has 13 heavy (non-hydrogen) atoms. The zero-order valence-corrected chi connectivity index (χ0v) is 8.34. The van der Waals surface area contributed by atoms with Crippen LogP contribution >= 0.6 is 0 Å². The lowest BCUT2D eigenvalue weighted by atomic mass is 9.93. The quantitative estimate of drug-likeness (QED) is 0.638. The molecule has 1 unspecified atom stereocenters. The van der Waals surface area contributed by atoms with Gasteiger partial charge in [0.2, 0.25) is 0 Å². The van der Waals surface area contributed by atoms with E-state index in [2.05, 4.69) is 32.0 Å². The maximum Gasteiger partial charge on any atom is 0.122 e. The number of hydrogen-bond donors (Lipinski definition) is 0. The van der Waals surface area contributed by atoms with Gasteiger partial charge in [0.25, 0.3) is 0 Å². The maximum atomic E-state index is 5.59. The number of aryl methyl sites for hydroxylation is 1. The minimum atomic E-state index is 0.662. The van der Waals surface area contributed by atoms with Crippen LogP contribution in [0.1, 0.15) is 37.3 Å². The molecular formula is C12H16O. The summed E-state index contributed by atoms with van der Waals surface area (Å²) >= 11 is 0. The molecule has 1 aliphatic rings. The highest BCUT2D eigenvalue weighted by Gasteiger charge is 2.17. The number of benzene rings is 1. The van der Waals surface area contributed by atoms with Crippen LogP contribution in [0.2, 0.25) is 0 Å². The van der Waals surface area contributed by atoms with Crippen molar-refractivity contribution in [1.82, 2.24) is 0 Å². The van der Waals surface area contributed by atoms with Crippen molar-refractivity contribution in [2.45, 2.75) is 32.6 Å². The Bertz CT molecular complexity index is 304. The second kappa shape index (κ2) is 3.41. The fourth-order valence-electron chi connectivity index (χ4n) is 1.84. The summed E-state index contributed by atoms with van der Waals surface area (Å²) in [6, 6.07) is 6.57. The van der Waals surface area contributed by atoms with Crippen molar-refractivity contribution in [3.63, 3.8) is 0 Å². The molecule has 70 valence electrons. The molecule has 0 saturated carbocycles. The van der Waals surface area contributed by atoms with E-state index in [1.807, 2.05) is 0 Å². The van der Waals surface area contributed by atoms with E-state index >= 15 is 0 Å². The molecule has 1 nitrogen and oxygen atoms in total. The van der Waals surface area contributed by atoms with Gasteiger partial charge in [-0.1, -0.05) is 26.0 Å². The van der Waals surface area contributed by atoms with Crippen LogP contribution in [0.4, 0.5) is 0 Å². The van der Waals surface area contributed by atoms with Gasteiger partial charge in [-0.25, -0.2) is 0 Å². The van der Waals surface area contributed by atoms with Gasteiger partial charge in [0.05, 0.1) is 6.61 Å². The number of ether oxygens (including phenoxy) is 1. The Morgan fingerprint density at radius 3 is 3.08 bits per heavy atom. The van der Waals surface area contributed by atoms with E-state index in [1.54, 1.807) is 0 Å². The normalized spacial score (nSPS) is 20.6. The SMILES string of the molecule is CCc1ccc2c(c1)C(C)CCO2. The first-order chi connectivity index (χ1) is 6.31. The van der Waals surface area contributed by atoms with Crippen molar-refractivity contribution >= 4 is 0 Å². The molecule has 1 aliphatic heterocycles. The van der Waals surface area contributed by atoms with Gasteiger partial charge in [-0.15, -0.1) is 0 Å². The molecule has 0 amide bonds. The molecule has 0 bridgehead atoms. The average molecular weight is 176 g/mol. The molecular weight excluding hydrogens is 160 g/mol. The van der Waals surface area contributed by atoms with Gasteiger partial charge in [-0.2, -0.15) is 0 Å². The van der Waals surface area contributed by atoms with Crippen LogP contribution in [0.5, 0.6) is 5.75 Å². The van der Waals surface area contributed by atoms with E-state index in [9.17, 15) is 0 Å². The first kappa shape index (κ1) is 8.61. The predicted octanol–water partition coefficient (Wildman–Crippen LogP) is 3.14. The Kier molecular flexibility index (Phi) is 2.26. The van der Waals surface area contributed by atoms with Crippen molar-refractivity contribution in [1.29, 1.82) is 0 Å². The topological polar surface area (TPSA) is 9.23 Å². The van der Waals surface area contributed by atoms with E-state index < -0.39 is 0 Å². The monoisotopic (exact) mass is 176 g/mol. The lowest BCUT2D eigenvalue weighted by molar-refractivity contribution is 0.272. The van der Waals surface area contributed by atoms with Crippen LogP contribution in [0.25, 0.3) is 0 Å². The zero-order valence-electron chi connectivity index (χ0n) is 8.34. The van der Waals surface area contributed by atoms with Gasteiger partial charge in [-0.3, -0.25) is 0 Å². The minimum absolute atomic E-state index is 0.662. The summed E-state index contributed by atoms with van der Waals surface area (Å²) in [7, 11) is 0. The van der Waals surface area contributed by atoms with Gasteiger partial charge >= 0.3 is 0 Å². The first-order valence-electron chi connectivity index (χ1n) is 5.07. The predicted molar refractivity (Wildman–Crippen MR) is 54.3 cm³/mol. The van der Waals surface area contributed by atoms with E-state index in [0.29, 0.717) is 5.92 Å². The van der Waals surface area contributed by atoms with E-state index in [0.717, 1.165) is 25.2 Å². The third-order valence-corrected chi connectivity index (χ3v) is 2.82. The van der Waals surface area contributed by atoms with E-state index in [-0.39, 0.29) is 0 Å². The van der Waals surface area contributed by atoms with Crippen molar-refractivity contribution in [3.05, 3.63) is 29.3 Å². The summed E-state index contributed by atoms with van der Waals surface area (Å²) in [6.07, 6.45) is 2.26. The van der Waals surface area contributed by atoms with Gasteiger partial charge in [0.15, 0.2) is 0 Å². The fourth-order valence-corrected chi connectivity index (χ4v) is 1.84. The molecule has 0 saturated heterocycles. The summed E-state index contributed by atoms with van der Waals surface area (Å²) in [5, 5.41) is 0. The Balaban J connectivity index is 2.41. The van der Waals surface area contributed by atoms with Crippen LogP contribution in [0.15, 0.2) is 18.2 Å². The van der Waals surface area contributed by atoms with E-state index in [1.165, 1.54) is 11.1 Å². The van der Waals surface area contributed by atoms with Crippen molar-refractivity contribution in [2.75, 3.05) is 6.61 Å². The van der Waals surface area contributed by atoms with Gasteiger partial charge in [-0.05, 0) is 36.0 Å². The van der Waals surface area contributed by atoms with Gasteiger partial charge in [0, 0.05) is 0 Å². The summed E-state index contributed by atoms with van der Waals surface area (Å²) in [4.78, 5) is 0. The summed E-state index contributed by atoms with van der Waals surface area (Å²) in [5.74, 6) is 1.76. The average Bonchev–Trinajstić information content (AvgIpc) is 2.18. The summed E-state index contributed by atoms with van der Waals surface area (Å²) in [5.41, 5.74) is 2.81. The summed E-state index contributed by atoms with van der Waals surface area (Å²) in [6.45, 7) is 5.34. The van der Waals surface area contributed by atoms with Crippen LogP contribution in [-0.2, 0) is 6.42 Å². The molecule has 1 aromatic rings. The number of rotatable bonds is 1. The first-order valence-corrected chi connectivity index (χ1v) is 5.07. The highest BCUT2D eigenvalue weighted by atomic mass is 16.5. The molecule has 0 spiro atoms. The Labute approximate surface area is 79.7 Å². The van der Waals surface area contributed by atoms with Crippen molar-refractivity contribution in [2.24, 2.45) is 0 Å². The molecule has 0 fully saturated rings. The molecule has 2 rings (SSSR count). The molecule has 1 atom stereocenters. The molecule has 0 radical (unpaired) electrons. The van der Waals surface area contributed by atoms with Crippen LogP contribution < -0.4 is 4.74 Å².